The summed E-state index contributed by atoms with van der Waals surface area (Å²) in [4.78, 5) is 21.9. The first-order valence-corrected chi connectivity index (χ1v) is 5.47. The molecule has 0 aliphatic carbocycles. The van der Waals surface area contributed by atoms with Gasteiger partial charge < -0.3 is 10.1 Å². The zero-order valence-corrected chi connectivity index (χ0v) is 9.18. The molecule has 0 radical (unpaired) electrons. The lowest BCUT2D eigenvalue weighted by molar-refractivity contribution is -0.117. The van der Waals surface area contributed by atoms with Crippen LogP contribution in [-0.4, -0.2) is 37.6 Å². The van der Waals surface area contributed by atoms with Crippen LogP contribution >= 0.6 is 11.6 Å². The van der Waals surface area contributed by atoms with E-state index in [1.807, 2.05) is 0 Å². The molecule has 5 nitrogen and oxygen atoms in total. The fraction of sp³-hybridized carbons (Fsp3) is 0.778. The maximum atomic E-state index is 11.1. The standard InChI is InChI=1S/C9H15ClN2O3/c10-4-8(13)12-9(14)11-5-7-2-1-3-15-6-7/h7H,1-6H2,(H2,11,12,13,14). The van der Waals surface area contributed by atoms with Crippen molar-refractivity contribution in [1.29, 1.82) is 0 Å². The summed E-state index contributed by atoms with van der Waals surface area (Å²) in [6.45, 7) is 2.00. The molecule has 1 aliphatic rings. The van der Waals surface area contributed by atoms with Gasteiger partial charge in [0.05, 0.1) is 6.61 Å². The molecule has 0 aromatic rings. The van der Waals surface area contributed by atoms with E-state index < -0.39 is 11.9 Å². The number of carbonyl (C=O) groups is 2. The number of amides is 3. The van der Waals surface area contributed by atoms with Gasteiger partial charge in [0, 0.05) is 13.2 Å². The average Bonchev–Trinajstić information content (AvgIpc) is 2.27. The molecule has 0 bridgehead atoms. The Morgan fingerprint density at radius 3 is 2.87 bits per heavy atom. The number of imide groups is 1. The normalized spacial score (nSPS) is 20.7. The highest BCUT2D eigenvalue weighted by Crippen LogP contribution is 2.11. The maximum absolute atomic E-state index is 11.1. The van der Waals surface area contributed by atoms with E-state index >= 15 is 0 Å². The van der Waals surface area contributed by atoms with Gasteiger partial charge in [0.15, 0.2) is 0 Å². The van der Waals surface area contributed by atoms with Crippen LogP contribution in [0.5, 0.6) is 0 Å². The van der Waals surface area contributed by atoms with Crippen LogP contribution in [0.4, 0.5) is 4.79 Å². The second-order valence-corrected chi connectivity index (χ2v) is 3.74. The van der Waals surface area contributed by atoms with Gasteiger partial charge in [-0.3, -0.25) is 10.1 Å². The second kappa shape index (κ2) is 6.63. The van der Waals surface area contributed by atoms with E-state index in [1.165, 1.54) is 0 Å². The molecule has 1 atom stereocenters. The van der Waals surface area contributed by atoms with Gasteiger partial charge in [-0.25, -0.2) is 4.79 Å². The van der Waals surface area contributed by atoms with E-state index in [2.05, 4.69) is 10.6 Å². The van der Waals surface area contributed by atoms with Crippen molar-refractivity contribution in [2.24, 2.45) is 5.92 Å². The van der Waals surface area contributed by atoms with Crippen molar-refractivity contribution >= 4 is 23.5 Å². The SMILES string of the molecule is O=C(CCl)NC(=O)NCC1CCCOC1. The average molecular weight is 235 g/mol. The third-order valence-corrected chi connectivity index (χ3v) is 2.42. The number of rotatable bonds is 3. The number of hydrogen-bond acceptors (Lipinski definition) is 3. The van der Waals surface area contributed by atoms with Gasteiger partial charge in [0.2, 0.25) is 5.91 Å². The topological polar surface area (TPSA) is 67.4 Å². The minimum Gasteiger partial charge on any atom is -0.381 e. The van der Waals surface area contributed by atoms with E-state index in [9.17, 15) is 9.59 Å². The third-order valence-electron chi connectivity index (χ3n) is 2.18. The third kappa shape index (κ3) is 4.99. The number of urea groups is 1. The van der Waals surface area contributed by atoms with Gasteiger partial charge in [-0.05, 0) is 18.8 Å². The molecular formula is C9H15ClN2O3. The molecule has 15 heavy (non-hydrogen) atoms. The molecule has 0 aromatic heterocycles. The number of nitrogens with one attached hydrogen (secondary N) is 2. The minimum atomic E-state index is -0.494. The summed E-state index contributed by atoms with van der Waals surface area (Å²) in [5.74, 6) is -0.357. The molecule has 0 spiro atoms. The molecular weight excluding hydrogens is 220 g/mol. The first kappa shape index (κ1) is 12.3. The van der Waals surface area contributed by atoms with Gasteiger partial charge in [-0.15, -0.1) is 11.6 Å². The van der Waals surface area contributed by atoms with Gasteiger partial charge in [0.1, 0.15) is 5.88 Å². The monoisotopic (exact) mass is 234 g/mol. The molecule has 86 valence electrons. The summed E-state index contributed by atoms with van der Waals surface area (Å²) in [5.41, 5.74) is 0. The Morgan fingerprint density at radius 1 is 1.47 bits per heavy atom. The molecule has 1 heterocycles. The van der Waals surface area contributed by atoms with Crippen LogP contribution in [0.25, 0.3) is 0 Å². The second-order valence-electron chi connectivity index (χ2n) is 3.48. The number of ether oxygens (including phenoxy) is 1. The zero-order valence-electron chi connectivity index (χ0n) is 8.42. The smallest absolute Gasteiger partial charge is 0.321 e. The Labute approximate surface area is 93.5 Å². The lowest BCUT2D eigenvalue weighted by Crippen LogP contribution is -2.43. The van der Waals surface area contributed by atoms with Crippen LogP contribution in [-0.2, 0) is 9.53 Å². The van der Waals surface area contributed by atoms with Crippen LogP contribution < -0.4 is 10.6 Å². The Hall–Kier alpha value is -0.810. The van der Waals surface area contributed by atoms with Crippen molar-refractivity contribution in [2.45, 2.75) is 12.8 Å². The van der Waals surface area contributed by atoms with Crippen LogP contribution in [0.2, 0.25) is 0 Å². The van der Waals surface area contributed by atoms with Gasteiger partial charge in [-0.2, -0.15) is 0 Å². The van der Waals surface area contributed by atoms with Gasteiger partial charge in [0.25, 0.3) is 0 Å². The van der Waals surface area contributed by atoms with Crippen molar-refractivity contribution in [1.82, 2.24) is 10.6 Å². The molecule has 1 saturated heterocycles. The summed E-state index contributed by atoms with van der Waals surface area (Å²) < 4.78 is 5.26. The Bertz CT molecular complexity index is 229. The Kier molecular flexibility index (Phi) is 5.42. The van der Waals surface area contributed by atoms with Crippen molar-refractivity contribution < 1.29 is 14.3 Å². The predicted octanol–water partition coefficient (Wildman–Crippen LogP) is 0.478. The van der Waals surface area contributed by atoms with Gasteiger partial charge >= 0.3 is 6.03 Å². The van der Waals surface area contributed by atoms with E-state index in [0.29, 0.717) is 19.1 Å². The Morgan fingerprint density at radius 2 is 2.27 bits per heavy atom. The van der Waals surface area contributed by atoms with Crippen molar-refractivity contribution in [3.8, 4) is 0 Å². The van der Waals surface area contributed by atoms with E-state index in [-0.39, 0.29) is 5.88 Å². The van der Waals surface area contributed by atoms with Crippen LogP contribution in [0.1, 0.15) is 12.8 Å². The first-order chi connectivity index (χ1) is 7.22. The minimum absolute atomic E-state index is 0.208. The lowest BCUT2D eigenvalue weighted by Gasteiger charge is -2.22. The highest BCUT2D eigenvalue weighted by Gasteiger charge is 2.15. The van der Waals surface area contributed by atoms with Crippen LogP contribution in [0.15, 0.2) is 0 Å². The fourth-order valence-electron chi connectivity index (χ4n) is 1.41. The fourth-order valence-corrected chi connectivity index (χ4v) is 1.48. The molecule has 1 aliphatic heterocycles. The van der Waals surface area contributed by atoms with Crippen LogP contribution in [0, 0.1) is 5.92 Å². The largest absolute Gasteiger partial charge is 0.381 e. The molecule has 6 heteroatoms. The Balaban J connectivity index is 2.12. The quantitative estimate of drug-likeness (QED) is 0.698. The highest BCUT2D eigenvalue weighted by atomic mass is 35.5. The summed E-state index contributed by atoms with van der Waals surface area (Å²) in [7, 11) is 0. The molecule has 3 amide bonds. The van der Waals surface area contributed by atoms with E-state index in [4.69, 9.17) is 16.3 Å². The van der Waals surface area contributed by atoms with E-state index in [0.717, 1.165) is 19.4 Å². The van der Waals surface area contributed by atoms with Crippen molar-refractivity contribution in [3.63, 3.8) is 0 Å². The molecule has 2 N–H and O–H groups in total. The highest BCUT2D eigenvalue weighted by molar-refractivity contribution is 6.28. The van der Waals surface area contributed by atoms with E-state index in [1.54, 1.807) is 0 Å². The number of alkyl halides is 1. The van der Waals surface area contributed by atoms with Gasteiger partial charge in [-0.1, -0.05) is 0 Å². The summed E-state index contributed by atoms with van der Waals surface area (Å²) >= 11 is 5.23. The molecule has 0 aromatic carbocycles. The van der Waals surface area contributed by atoms with Crippen molar-refractivity contribution in [3.05, 3.63) is 0 Å². The maximum Gasteiger partial charge on any atom is 0.321 e. The predicted molar refractivity (Wildman–Crippen MR) is 55.8 cm³/mol. The lowest BCUT2D eigenvalue weighted by atomic mass is 10.0. The zero-order chi connectivity index (χ0) is 11.1. The number of carbonyl (C=O) groups excluding carboxylic acids is 2. The summed E-state index contributed by atoms with van der Waals surface area (Å²) in [6, 6.07) is -0.494. The van der Waals surface area contributed by atoms with Crippen LogP contribution in [0.3, 0.4) is 0 Å². The molecule has 1 fully saturated rings. The first-order valence-electron chi connectivity index (χ1n) is 4.93. The summed E-state index contributed by atoms with van der Waals surface area (Å²) in [5, 5.41) is 4.72. The molecule has 0 saturated carbocycles. The number of halogens is 1. The summed E-state index contributed by atoms with van der Waals surface area (Å²) in [6.07, 6.45) is 2.07. The molecule has 1 unspecified atom stereocenters. The van der Waals surface area contributed by atoms with Crippen molar-refractivity contribution in [2.75, 3.05) is 25.6 Å². The number of hydrogen-bond donors (Lipinski definition) is 2. The molecule has 1 rings (SSSR count).